The third kappa shape index (κ3) is 3.23. The van der Waals surface area contributed by atoms with Gasteiger partial charge in [0.05, 0.1) is 6.61 Å². The van der Waals surface area contributed by atoms with Crippen molar-refractivity contribution in [3.8, 4) is 5.75 Å². The number of fused-ring (bicyclic) bond motifs is 1. The number of ether oxygens (including phenoxy) is 1. The van der Waals surface area contributed by atoms with Gasteiger partial charge in [0.2, 0.25) is 5.91 Å². The molecule has 1 aromatic rings. The van der Waals surface area contributed by atoms with Crippen LogP contribution < -0.4 is 15.8 Å². The molecule has 1 atom stereocenters. The maximum atomic E-state index is 11.6. The number of hydrogen-bond donors (Lipinski definition) is 2. The molecule has 18 heavy (non-hydrogen) atoms. The van der Waals surface area contributed by atoms with E-state index >= 15 is 0 Å². The summed E-state index contributed by atoms with van der Waals surface area (Å²) in [6, 6.07) is 3.93. The predicted molar refractivity (Wildman–Crippen MR) is 73.5 cm³/mol. The van der Waals surface area contributed by atoms with E-state index in [9.17, 15) is 4.79 Å². The molecule has 0 bridgehead atoms. The highest BCUT2D eigenvalue weighted by Crippen LogP contribution is 2.32. The molecule has 1 amide bonds. The smallest absolute Gasteiger partial charge is 0.221 e. The molecule has 5 heteroatoms. The van der Waals surface area contributed by atoms with Crippen molar-refractivity contribution < 1.29 is 9.53 Å². The van der Waals surface area contributed by atoms with Gasteiger partial charge >= 0.3 is 0 Å². The van der Waals surface area contributed by atoms with Gasteiger partial charge < -0.3 is 15.8 Å². The molecule has 1 aromatic carbocycles. The summed E-state index contributed by atoms with van der Waals surface area (Å²) in [6.45, 7) is 3.01. The second-order valence-electron chi connectivity index (χ2n) is 4.61. The lowest BCUT2D eigenvalue weighted by molar-refractivity contribution is -0.121. The molecule has 1 heterocycles. The molecular formula is C13H17BrN2O2. The summed E-state index contributed by atoms with van der Waals surface area (Å²) in [7, 11) is 0. The van der Waals surface area contributed by atoms with Crippen LogP contribution in [0.1, 0.15) is 24.5 Å². The number of hydrogen-bond acceptors (Lipinski definition) is 3. The second kappa shape index (κ2) is 5.71. The monoisotopic (exact) mass is 312 g/mol. The van der Waals surface area contributed by atoms with Crippen molar-refractivity contribution in [2.75, 3.05) is 6.61 Å². The highest BCUT2D eigenvalue weighted by molar-refractivity contribution is 9.10. The topological polar surface area (TPSA) is 64.4 Å². The average Bonchev–Trinajstić information content (AvgIpc) is 2.72. The Balaban J connectivity index is 2.04. The van der Waals surface area contributed by atoms with Crippen LogP contribution >= 0.6 is 15.9 Å². The highest BCUT2D eigenvalue weighted by atomic mass is 79.9. The first-order valence-electron chi connectivity index (χ1n) is 6.02. The van der Waals surface area contributed by atoms with Crippen molar-refractivity contribution in [3.05, 3.63) is 27.7 Å². The van der Waals surface area contributed by atoms with Crippen molar-refractivity contribution in [3.63, 3.8) is 0 Å². The molecular weight excluding hydrogens is 296 g/mol. The lowest BCUT2D eigenvalue weighted by Crippen LogP contribution is -2.29. The van der Waals surface area contributed by atoms with E-state index in [4.69, 9.17) is 10.5 Å². The second-order valence-corrected chi connectivity index (χ2v) is 5.53. The number of amides is 1. The molecule has 98 valence electrons. The Morgan fingerprint density at radius 1 is 1.61 bits per heavy atom. The van der Waals surface area contributed by atoms with Crippen LogP contribution in [0.25, 0.3) is 0 Å². The van der Waals surface area contributed by atoms with Crippen molar-refractivity contribution in [2.24, 2.45) is 5.73 Å². The Labute approximate surface area is 115 Å². The molecule has 0 fully saturated rings. The Morgan fingerprint density at radius 2 is 2.39 bits per heavy atom. The number of nitrogens with one attached hydrogen (secondary N) is 1. The van der Waals surface area contributed by atoms with Crippen LogP contribution in [-0.2, 0) is 17.8 Å². The molecule has 1 aliphatic rings. The fourth-order valence-corrected chi connectivity index (χ4v) is 2.59. The van der Waals surface area contributed by atoms with Crippen LogP contribution in [0.4, 0.5) is 0 Å². The molecule has 0 spiro atoms. The standard InChI is InChI=1S/C13H17BrN2O2/c1-8(15)4-12(17)16-7-10-6-11(14)5-9-2-3-18-13(9)10/h5-6,8H,2-4,7,15H2,1H3,(H,16,17). The number of halogens is 1. The molecule has 0 saturated carbocycles. The minimum atomic E-state index is -0.116. The summed E-state index contributed by atoms with van der Waals surface area (Å²) in [5.41, 5.74) is 7.79. The Morgan fingerprint density at radius 3 is 3.11 bits per heavy atom. The van der Waals surface area contributed by atoms with E-state index in [-0.39, 0.29) is 11.9 Å². The van der Waals surface area contributed by atoms with Gasteiger partial charge in [0.25, 0.3) is 0 Å². The maximum absolute atomic E-state index is 11.6. The van der Waals surface area contributed by atoms with Crippen LogP contribution in [-0.4, -0.2) is 18.6 Å². The number of nitrogens with two attached hydrogens (primary N) is 1. The van der Waals surface area contributed by atoms with Crippen LogP contribution in [0.15, 0.2) is 16.6 Å². The average molecular weight is 313 g/mol. The van der Waals surface area contributed by atoms with E-state index in [2.05, 4.69) is 27.3 Å². The van der Waals surface area contributed by atoms with E-state index < -0.39 is 0 Å². The first kappa shape index (κ1) is 13.4. The van der Waals surface area contributed by atoms with Crippen LogP contribution in [0.2, 0.25) is 0 Å². The molecule has 1 aliphatic heterocycles. The normalized spacial score (nSPS) is 14.8. The zero-order valence-corrected chi connectivity index (χ0v) is 11.9. The van der Waals surface area contributed by atoms with E-state index in [0.717, 1.165) is 22.2 Å². The number of carbonyl (C=O) groups excluding carboxylic acids is 1. The quantitative estimate of drug-likeness (QED) is 0.890. The third-order valence-corrected chi connectivity index (χ3v) is 3.27. The number of carbonyl (C=O) groups is 1. The largest absolute Gasteiger partial charge is 0.493 e. The van der Waals surface area contributed by atoms with Crippen LogP contribution in [0.5, 0.6) is 5.75 Å². The van der Waals surface area contributed by atoms with Gasteiger partial charge in [-0.25, -0.2) is 0 Å². The summed E-state index contributed by atoms with van der Waals surface area (Å²) in [4.78, 5) is 11.6. The molecule has 2 rings (SSSR count). The molecule has 4 nitrogen and oxygen atoms in total. The zero-order valence-electron chi connectivity index (χ0n) is 10.3. The minimum absolute atomic E-state index is 0.0308. The van der Waals surface area contributed by atoms with Crippen LogP contribution in [0, 0.1) is 0 Å². The highest BCUT2D eigenvalue weighted by Gasteiger charge is 2.17. The molecule has 0 aromatic heterocycles. The molecule has 3 N–H and O–H groups in total. The van der Waals surface area contributed by atoms with Gasteiger partial charge in [0.1, 0.15) is 5.75 Å². The summed E-state index contributed by atoms with van der Waals surface area (Å²) >= 11 is 3.47. The fourth-order valence-electron chi connectivity index (χ4n) is 2.04. The van der Waals surface area contributed by atoms with Crippen LogP contribution in [0.3, 0.4) is 0 Å². The van der Waals surface area contributed by atoms with E-state index in [1.807, 2.05) is 13.0 Å². The Kier molecular flexibility index (Phi) is 4.24. The number of benzene rings is 1. The summed E-state index contributed by atoms with van der Waals surface area (Å²) in [5, 5.41) is 2.87. The maximum Gasteiger partial charge on any atom is 0.221 e. The van der Waals surface area contributed by atoms with Gasteiger partial charge in [-0.2, -0.15) is 0 Å². The summed E-state index contributed by atoms with van der Waals surface area (Å²) in [6.07, 6.45) is 1.27. The van der Waals surface area contributed by atoms with Gasteiger partial charge in [-0.3, -0.25) is 4.79 Å². The first-order chi connectivity index (χ1) is 8.56. The van der Waals surface area contributed by atoms with Crippen molar-refractivity contribution in [1.82, 2.24) is 5.32 Å². The summed E-state index contributed by atoms with van der Waals surface area (Å²) < 4.78 is 6.62. The zero-order chi connectivity index (χ0) is 13.1. The van der Waals surface area contributed by atoms with Gasteiger partial charge in [-0.05, 0) is 24.6 Å². The summed E-state index contributed by atoms with van der Waals surface area (Å²) in [5.74, 6) is 0.885. The van der Waals surface area contributed by atoms with Gasteiger partial charge in [-0.1, -0.05) is 15.9 Å². The van der Waals surface area contributed by atoms with E-state index in [0.29, 0.717) is 19.6 Å². The third-order valence-electron chi connectivity index (χ3n) is 2.81. The van der Waals surface area contributed by atoms with E-state index in [1.54, 1.807) is 0 Å². The molecule has 0 aliphatic carbocycles. The number of rotatable bonds is 4. The predicted octanol–water partition coefficient (Wildman–Crippen LogP) is 1.74. The fraction of sp³-hybridized carbons (Fsp3) is 0.462. The lowest BCUT2D eigenvalue weighted by atomic mass is 10.1. The van der Waals surface area contributed by atoms with Crippen molar-refractivity contribution in [1.29, 1.82) is 0 Å². The first-order valence-corrected chi connectivity index (χ1v) is 6.82. The Hall–Kier alpha value is -1.07. The SMILES string of the molecule is CC(N)CC(=O)NCc1cc(Br)cc2c1OCC2. The van der Waals surface area contributed by atoms with E-state index in [1.165, 1.54) is 5.56 Å². The molecule has 0 radical (unpaired) electrons. The minimum Gasteiger partial charge on any atom is -0.493 e. The van der Waals surface area contributed by atoms with Gasteiger partial charge in [0.15, 0.2) is 0 Å². The van der Waals surface area contributed by atoms with Crippen molar-refractivity contribution in [2.45, 2.75) is 32.4 Å². The van der Waals surface area contributed by atoms with Gasteiger partial charge in [-0.15, -0.1) is 0 Å². The Bertz CT molecular complexity index is 461. The molecule has 0 saturated heterocycles. The van der Waals surface area contributed by atoms with Crippen molar-refractivity contribution >= 4 is 21.8 Å². The molecule has 1 unspecified atom stereocenters. The lowest BCUT2D eigenvalue weighted by Gasteiger charge is -2.11. The van der Waals surface area contributed by atoms with Gasteiger partial charge in [0, 0.05) is 35.5 Å².